The van der Waals surface area contributed by atoms with Gasteiger partial charge in [0.15, 0.2) is 0 Å². The summed E-state index contributed by atoms with van der Waals surface area (Å²) in [5.74, 6) is 0. The summed E-state index contributed by atoms with van der Waals surface area (Å²) in [5.41, 5.74) is 5.59. The van der Waals surface area contributed by atoms with Gasteiger partial charge in [0.25, 0.3) is 0 Å². The highest BCUT2D eigenvalue weighted by Gasteiger charge is 2.32. The topological polar surface area (TPSA) is 63.4 Å². The molecule has 0 amide bonds. The summed E-state index contributed by atoms with van der Waals surface area (Å²) < 4.78 is 27.8. The van der Waals surface area contributed by atoms with Gasteiger partial charge in [-0.25, -0.2) is 8.42 Å². The molecule has 1 aromatic heterocycles. The van der Waals surface area contributed by atoms with Gasteiger partial charge in [0.2, 0.25) is 10.0 Å². The second-order valence-electron chi connectivity index (χ2n) is 4.87. The van der Waals surface area contributed by atoms with Crippen LogP contribution in [-0.4, -0.2) is 25.3 Å². The maximum absolute atomic E-state index is 12.8. The standard InChI is InChI=1S/C12H19BrN2O2S2/c1-9-5-3-2-4-6-15(9)19(16,17)11-7-10(8-14)18-12(11)13/h7,9H,2-6,8,14H2,1H3. The number of thiophene rings is 1. The van der Waals surface area contributed by atoms with Crippen molar-refractivity contribution in [2.45, 2.75) is 50.1 Å². The zero-order valence-corrected chi connectivity index (χ0v) is 14.2. The molecular formula is C12H19BrN2O2S2. The fourth-order valence-corrected chi connectivity index (χ4v) is 6.62. The number of nitrogens with zero attached hydrogens (tertiary/aromatic N) is 1. The molecule has 0 spiro atoms. The monoisotopic (exact) mass is 366 g/mol. The van der Waals surface area contributed by atoms with Crippen molar-refractivity contribution in [1.82, 2.24) is 4.31 Å². The van der Waals surface area contributed by atoms with Crippen LogP contribution in [0.15, 0.2) is 14.7 Å². The van der Waals surface area contributed by atoms with Crippen molar-refractivity contribution < 1.29 is 8.42 Å². The molecule has 1 fully saturated rings. The second-order valence-corrected chi connectivity index (χ2v) is 9.18. The van der Waals surface area contributed by atoms with Gasteiger partial charge in [-0.3, -0.25) is 0 Å². The average Bonchev–Trinajstić information content (AvgIpc) is 2.61. The van der Waals surface area contributed by atoms with Crippen molar-refractivity contribution in [2.24, 2.45) is 5.73 Å². The lowest BCUT2D eigenvalue weighted by atomic mass is 10.1. The average molecular weight is 367 g/mol. The van der Waals surface area contributed by atoms with E-state index in [1.54, 1.807) is 10.4 Å². The summed E-state index contributed by atoms with van der Waals surface area (Å²) in [5, 5.41) is 0. The minimum Gasteiger partial charge on any atom is -0.326 e. The molecule has 1 atom stereocenters. The van der Waals surface area contributed by atoms with Crippen LogP contribution in [-0.2, 0) is 16.6 Å². The van der Waals surface area contributed by atoms with Gasteiger partial charge in [-0.15, -0.1) is 11.3 Å². The lowest BCUT2D eigenvalue weighted by Crippen LogP contribution is -2.38. The quantitative estimate of drug-likeness (QED) is 0.894. The lowest BCUT2D eigenvalue weighted by Gasteiger charge is -2.25. The molecule has 0 radical (unpaired) electrons. The molecule has 0 aliphatic carbocycles. The van der Waals surface area contributed by atoms with Crippen molar-refractivity contribution >= 4 is 37.3 Å². The summed E-state index contributed by atoms with van der Waals surface area (Å²) >= 11 is 4.75. The minimum atomic E-state index is -3.41. The molecule has 0 bridgehead atoms. The summed E-state index contributed by atoms with van der Waals surface area (Å²) in [6, 6.07) is 1.77. The molecular weight excluding hydrogens is 348 g/mol. The Morgan fingerprint density at radius 1 is 1.47 bits per heavy atom. The Kier molecular flexibility index (Phi) is 5.05. The Hall–Kier alpha value is 0.0500. The van der Waals surface area contributed by atoms with Crippen LogP contribution in [0.3, 0.4) is 0 Å². The molecule has 0 aromatic carbocycles. The molecule has 1 aromatic rings. The first-order chi connectivity index (χ1) is 8.96. The van der Waals surface area contributed by atoms with Crippen LogP contribution in [0.5, 0.6) is 0 Å². The van der Waals surface area contributed by atoms with Gasteiger partial charge in [-0.2, -0.15) is 4.31 Å². The third kappa shape index (κ3) is 3.21. The highest BCUT2D eigenvalue weighted by molar-refractivity contribution is 9.11. The summed E-state index contributed by atoms with van der Waals surface area (Å²) in [4.78, 5) is 1.25. The number of sulfonamides is 1. The van der Waals surface area contributed by atoms with E-state index >= 15 is 0 Å². The maximum Gasteiger partial charge on any atom is 0.245 e. The smallest absolute Gasteiger partial charge is 0.245 e. The van der Waals surface area contributed by atoms with Crippen molar-refractivity contribution in [3.63, 3.8) is 0 Å². The first-order valence-corrected chi connectivity index (χ1v) is 9.52. The molecule has 2 rings (SSSR count). The highest BCUT2D eigenvalue weighted by Crippen LogP contribution is 2.35. The summed E-state index contributed by atoms with van der Waals surface area (Å²) in [6.45, 7) is 2.98. The molecule has 108 valence electrons. The van der Waals surface area contributed by atoms with Gasteiger partial charge in [0, 0.05) is 24.0 Å². The summed E-state index contributed by atoms with van der Waals surface area (Å²) in [6.07, 6.45) is 4.08. The van der Waals surface area contributed by atoms with Crippen LogP contribution in [0.2, 0.25) is 0 Å². The number of hydrogen-bond donors (Lipinski definition) is 1. The predicted molar refractivity (Wildman–Crippen MR) is 81.7 cm³/mol. The van der Waals surface area contributed by atoms with E-state index in [2.05, 4.69) is 15.9 Å². The fraction of sp³-hybridized carbons (Fsp3) is 0.667. The normalized spacial score (nSPS) is 22.4. The number of hydrogen-bond acceptors (Lipinski definition) is 4. The maximum atomic E-state index is 12.8. The van der Waals surface area contributed by atoms with Crippen molar-refractivity contribution in [2.75, 3.05) is 6.54 Å². The van der Waals surface area contributed by atoms with E-state index in [-0.39, 0.29) is 6.04 Å². The van der Waals surface area contributed by atoms with E-state index in [1.165, 1.54) is 11.3 Å². The Bertz CT molecular complexity index is 542. The molecule has 2 heterocycles. The molecule has 0 saturated carbocycles. The van der Waals surface area contributed by atoms with E-state index in [1.807, 2.05) is 6.92 Å². The zero-order chi connectivity index (χ0) is 14.0. The third-order valence-electron chi connectivity index (χ3n) is 3.49. The van der Waals surface area contributed by atoms with Gasteiger partial charge in [0.05, 0.1) is 3.79 Å². The molecule has 1 saturated heterocycles. The van der Waals surface area contributed by atoms with Crippen LogP contribution in [0, 0.1) is 0 Å². The van der Waals surface area contributed by atoms with Crippen LogP contribution in [0.25, 0.3) is 0 Å². The van der Waals surface area contributed by atoms with Crippen molar-refractivity contribution in [3.05, 3.63) is 14.7 Å². The third-order valence-corrected chi connectivity index (χ3v) is 7.77. The first-order valence-electron chi connectivity index (χ1n) is 6.47. The van der Waals surface area contributed by atoms with Crippen LogP contribution >= 0.6 is 27.3 Å². The fourth-order valence-electron chi connectivity index (χ4n) is 2.41. The Balaban J connectivity index is 2.37. The molecule has 19 heavy (non-hydrogen) atoms. The number of rotatable bonds is 3. The highest BCUT2D eigenvalue weighted by atomic mass is 79.9. The molecule has 2 N–H and O–H groups in total. The van der Waals surface area contributed by atoms with Crippen LogP contribution in [0.1, 0.15) is 37.5 Å². The Morgan fingerprint density at radius 3 is 2.84 bits per heavy atom. The molecule has 1 unspecified atom stereocenters. The van der Waals surface area contributed by atoms with Crippen LogP contribution in [0.4, 0.5) is 0 Å². The Morgan fingerprint density at radius 2 is 2.21 bits per heavy atom. The van der Waals surface area contributed by atoms with E-state index in [0.29, 0.717) is 21.8 Å². The number of halogens is 1. The van der Waals surface area contributed by atoms with Crippen molar-refractivity contribution in [1.29, 1.82) is 0 Å². The molecule has 1 aliphatic heterocycles. The van der Waals surface area contributed by atoms with Gasteiger partial charge in [-0.1, -0.05) is 12.8 Å². The molecule has 4 nitrogen and oxygen atoms in total. The minimum absolute atomic E-state index is 0.0700. The van der Waals surface area contributed by atoms with Crippen LogP contribution < -0.4 is 5.73 Å². The van der Waals surface area contributed by atoms with Gasteiger partial charge in [0.1, 0.15) is 4.90 Å². The molecule has 7 heteroatoms. The predicted octanol–water partition coefficient (Wildman–Crippen LogP) is 2.92. The van der Waals surface area contributed by atoms with Crippen molar-refractivity contribution in [3.8, 4) is 0 Å². The SMILES string of the molecule is CC1CCCCCN1S(=O)(=O)c1cc(CN)sc1Br. The van der Waals surface area contributed by atoms with Gasteiger partial charge < -0.3 is 5.73 Å². The van der Waals surface area contributed by atoms with E-state index in [4.69, 9.17) is 5.73 Å². The van der Waals surface area contributed by atoms with E-state index < -0.39 is 10.0 Å². The van der Waals surface area contributed by atoms with E-state index in [9.17, 15) is 8.42 Å². The Labute approximate surface area is 127 Å². The van der Waals surface area contributed by atoms with E-state index in [0.717, 1.165) is 30.6 Å². The summed E-state index contributed by atoms with van der Waals surface area (Å²) in [7, 11) is -3.41. The van der Waals surface area contributed by atoms with Gasteiger partial charge >= 0.3 is 0 Å². The lowest BCUT2D eigenvalue weighted by molar-refractivity contribution is 0.342. The zero-order valence-electron chi connectivity index (χ0n) is 10.9. The first kappa shape index (κ1) is 15.4. The number of nitrogens with two attached hydrogens (primary N) is 1. The second kappa shape index (κ2) is 6.22. The molecule has 1 aliphatic rings. The largest absolute Gasteiger partial charge is 0.326 e. The van der Waals surface area contributed by atoms with Gasteiger partial charge in [-0.05, 0) is 41.8 Å².